The predicted octanol–water partition coefficient (Wildman–Crippen LogP) is 4.17. The Morgan fingerprint density at radius 2 is 0.900 bits per heavy atom. The molecule has 0 amide bonds. The van der Waals surface area contributed by atoms with E-state index in [0.717, 1.165) is 71.0 Å². The minimum Gasteiger partial charge on any atom is -0.396 e. The number of aliphatic hydroxyl groups is 1. The first kappa shape index (κ1) is 31.9. The molecule has 182 valence electrons. The van der Waals surface area contributed by atoms with Gasteiger partial charge < -0.3 is 19.3 Å². The zero-order valence-electron chi connectivity index (χ0n) is 18.2. The van der Waals surface area contributed by atoms with Gasteiger partial charge in [0.2, 0.25) is 0 Å². The highest BCUT2D eigenvalue weighted by Crippen LogP contribution is 2.20. The highest BCUT2D eigenvalue weighted by Gasteiger charge is 2.31. The van der Waals surface area contributed by atoms with E-state index in [-0.39, 0.29) is 6.61 Å². The molecule has 0 bridgehead atoms. The molecule has 0 aromatic heterocycles. The number of thiol groups is 3. The standard InChI is InChI=1S/C20H42O4S6/c21-16-20(17-22-4-1-10-28-13-7-25,18-23-5-2-11-29-14-8-26)19-24-6-3-12-30-15-9-27/h21,25-27H,1-19H2. The van der Waals surface area contributed by atoms with Gasteiger partial charge in [0.25, 0.3) is 0 Å². The molecule has 0 aliphatic carbocycles. The second kappa shape index (κ2) is 25.6. The van der Waals surface area contributed by atoms with Crippen LogP contribution in [0, 0.1) is 5.41 Å². The number of rotatable bonds is 25. The third-order valence-electron chi connectivity index (χ3n) is 4.00. The van der Waals surface area contributed by atoms with Gasteiger partial charge in [-0.2, -0.15) is 73.2 Å². The highest BCUT2D eigenvalue weighted by molar-refractivity contribution is 8.00. The monoisotopic (exact) mass is 538 g/mol. The molecule has 0 heterocycles. The number of thioether (sulfide) groups is 3. The van der Waals surface area contributed by atoms with Crippen molar-refractivity contribution in [2.45, 2.75) is 19.3 Å². The van der Waals surface area contributed by atoms with Crippen LogP contribution < -0.4 is 0 Å². The summed E-state index contributed by atoms with van der Waals surface area (Å²) < 4.78 is 17.7. The zero-order valence-corrected chi connectivity index (χ0v) is 23.3. The van der Waals surface area contributed by atoms with Crippen LogP contribution in [-0.4, -0.2) is 103 Å². The molecule has 0 unspecified atom stereocenters. The summed E-state index contributed by atoms with van der Waals surface area (Å²) in [6.07, 6.45) is 3.02. The summed E-state index contributed by atoms with van der Waals surface area (Å²) in [4.78, 5) is 0. The maximum Gasteiger partial charge on any atom is 0.0635 e. The fraction of sp³-hybridized carbons (Fsp3) is 1.00. The fourth-order valence-electron chi connectivity index (χ4n) is 2.42. The molecule has 0 rings (SSSR count). The molecule has 10 heteroatoms. The van der Waals surface area contributed by atoms with E-state index < -0.39 is 5.41 Å². The minimum absolute atomic E-state index is 0.00418. The van der Waals surface area contributed by atoms with Crippen LogP contribution in [0.25, 0.3) is 0 Å². The smallest absolute Gasteiger partial charge is 0.0635 e. The van der Waals surface area contributed by atoms with Crippen molar-refractivity contribution in [3.63, 3.8) is 0 Å². The summed E-state index contributed by atoms with van der Waals surface area (Å²) in [6.45, 7) is 3.48. The Morgan fingerprint density at radius 3 is 1.17 bits per heavy atom. The molecule has 0 aromatic rings. The fourth-order valence-corrected chi connectivity index (χ4v) is 5.54. The third-order valence-corrected chi connectivity index (χ3v) is 8.79. The lowest BCUT2D eigenvalue weighted by atomic mass is 9.92. The van der Waals surface area contributed by atoms with E-state index in [0.29, 0.717) is 39.6 Å². The van der Waals surface area contributed by atoms with Gasteiger partial charge in [-0.3, -0.25) is 0 Å². The van der Waals surface area contributed by atoms with Crippen molar-refractivity contribution >= 4 is 73.2 Å². The summed E-state index contributed by atoms with van der Waals surface area (Å²) >= 11 is 18.4. The molecule has 0 aliphatic heterocycles. The van der Waals surface area contributed by atoms with Crippen LogP contribution >= 0.6 is 73.2 Å². The van der Waals surface area contributed by atoms with Crippen LogP contribution in [0.2, 0.25) is 0 Å². The predicted molar refractivity (Wildman–Crippen MR) is 149 cm³/mol. The molecule has 0 fully saturated rings. The van der Waals surface area contributed by atoms with Crippen LogP contribution in [0.4, 0.5) is 0 Å². The van der Waals surface area contributed by atoms with Crippen molar-refractivity contribution in [2.75, 3.05) is 98.0 Å². The lowest BCUT2D eigenvalue weighted by Crippen LogP contribution is -2.41. The summed E-state index contributed by atoms with van der Waals surface area (Å²) in [5, 5.41) is 10.1. The van der Waals surface area contributed by atoms with Gasteiger partial charge in [0.1, 0.15) is 0 Å². The van der Waals surface area contributed by atoms with E-state index in [2.05, 4.69) is 37.9 Å². The van der Waals surface area contributed by atoms with Gasteiger partial charge >= 0.3 is 0 Å². The van der Waals surface area contributed by atoms with Gasteiger partial charge in [0, 0.05) is 37.1 Å². The molecule has 0 saturated carbocycles. The average molecular weight is 539 g/mol. The Morgan fingerprint density at radius 1 is 0.567 bits per heavy atom. The Hall–Kier alpha value is 1.94. The lowest BCUT2D eigenvalue weighted by Gasteiger charge is -2.31. The maximum atomic E-state index is 10.1. The normalized spacial score (nSPS) is 12.0. The van der Waals surface area contributed by atoms with Crippen molar-refractivity contribution in [1.82, 2.24) is 0 Å². The van der Waals surface area contributed by atoms with Gasteiger partial charge in [-0.25, -0.2) is 0 Å². The van der Waals surface area contributed by atoms with Crippen LogP contribution in [-0.2, 0) is 14.2 Å². The minimum atomic E-state index is -0.491. The topological polar surface area (TPSA) is 47.9 Å². The second-order valence-electron chi connectivity index (χ2n) is 6.88. The van der Waals surface area contributed by atoms with Crippen molar-refractivity contribution in [3.05, 3.63) is 0 Å². The number of hydrogen-bond acceptors (Lipinski definition) is 10. The first-order chi connectivity index (χ1) is 14.7. The van der Waals surface area contributed by atoms with Crippen molar-refractivity contribution in [2.24, 2.45) is 5.41 Å². The maximum absolute atomic E-state index is 10.1. The first-order valence-electron chi connectivity index (χ1n) is 10.6. The van der Waals surface area contributed by atoms with E-state index in [9.17, 15) is 5.11 Å². The average Bonchev–Trinajstić information content (AvgIpc) is 2.76. The Balaban J connectivity index is 4.23. The van der Waals surface area contributed by atoms with Crippen molar-refractivity contribution in [3.8, 4) is 0 Å². The summed E-state index contributed by atoms with van der Waals surface area (Å²) in [6, 6.07) is 0. The van der Waals surface area contributed by atoms with E-state index >= 15 is 0 Å². The Bertz CT molecular complexity index is 297. The van der Waals surface area contributed by atoms with Crippen molar-refractivity contribution < 1.29 is 19.3 Å². The zero-order chi connectivity index (χ0) is 22.2. The number of ether oxygens (including phenoxy) is 3. The van der Waals surface area contributed by atoms with Crippen LogP contribution in [0.3, 0.4) is 0 Å². The van der Waals surface area contributed by atoms with Gasteiger partial charge in [-0.05, 0) is 53.8 Å². The lowest BCUT2D eigenvalue weighted by molar-refractivity contribution is -0.0923. The van der Waals surface area contributed by atoms with Gasteiger partial charge in [0.15, 0.2) is 0 Å². The van der Waals surface area contributed by atoms with Crippen LogP contribution in [0.5, 0.6) is 0 Å². The molecule has 0 radical (unpaired) electrons. The third kappa shape index (κ3) is 20.5. The number of aliphatic hydroxyl groups excluding tert-OH is 1. The van der Waals surface area contributed by atoms with Gasteiger partial charge in [-0.15, -0.1) is 0 Å². The van der Waals surface area contributed by atoms with Gasteiger partial charge in [0.05, 0.1) is 31.8 Å². The van der Waals surface area contributed by atoms with E-state index in [1.54, 1.807) is 0 Å². The van der Waals surface area contributed by atoms with Crippen LogP contribution in [0.1, 0.15) is 19.3 Å². The largest absolute Gasteiger partial charge is 0.396 e. The molecule has 0 aromatic carbocycles. The Kier molecular flexibility index (Phi) is 27.2. The van der Waals surface area contributed by atoms with E-state index in [1.165, 1.54) is 0 Å². The van der Waals surface area contributed by atoms with Crippen LogP contribution in [0.15, 0.2) is 0 Å². The van der Waals surface area contributed by atoms with E-state index in [1.807, 2.05) is 35.3 Å². The molecule has 30 heavy (non-hydrogen) atoms. The SMILES string of the molecule is OCC(COCCCSCCS)(COCCCSCCS)COCCCSCCS. The Labute approximate surface area is 214 Å². The quantitative estimate of drug-likeness (QED) is 0.103. The molecular weight excluding hydrogens is 497 g/mol. The van der Waals surface area contributed by atoms with Gasteiger partial charge in [-0.1, -0.05) is 0 Å². The first-order valence-corrected chi connectivity index (χ1v) is 16.0. The highest BCUT2D eigenvalue weighted by atomic mass is 32.2. The molecule has 0 spiro atoms. The second-order valence-corrected chi connectivity index (χ2v) is 11.9. The number of hydrogen-bond donors (Lipinski definition) is 4. The molecule has 0 aliphatic rings. The van der Waals surface area contributed by atoms with Crippen molar-refractivity contribution in [1.29, 1.82) is 0 Å². The van der Waals surface area contributed by atoms with E-state index in [4.69, 9.17) is 14.2 Å². The molecule has 1 N–H and O–H groups in total. The summed E-state index contributed by atoms with van der Waals surface area (Å²) in [7, 11) is 0. The molecule has 0 atom stereocenters. The summed E-state index contributed by atoms with van der Waals surface area (Å²) in [5.41, 5.74) is -0.491. The molecule has 4 nitrogen and oxygen atoms in total. The molecule has 0 saturated heterocycles. The molecular formula is C20H42O4S6. The summed E-state index contributed by atoms with van der Waals surface area (Å²) in [5.74, 6) is 9.18.